The number of methoxy groups -OCH3 is 1. The van der Waals surface area contributed by atoms with Crippen LogP contribution in [0.2, 0.25) is 0 Å². The van der Waals surface area contributed by atoms with Gasteiger partial charge in [-0.1, -0.05) is 25.5 Å². The van der Waals surface area contributed by atoms with Crippen LogP contribution in [0, 0.1) is 6.92 Å². The smallest absolute Gasteiger partial charge is 0.295 e. The molecule has 3 rings (SSSR count). The molecule has 30 heavy (non-hydrogen) atoms. The summed E-state index contributed by atoms with van der Waals surface area (Å²) in [6, 6.07) is 7.93. The molecule has 0 saturated carbocycles. The second-order valence-electron chi connectivity index (χ2n) is 7.24. The number of carbonyl (C=O) groups excluding carboxylic acids is 2. The van der Waals surface area contributed by atoms with Crippen molar-refractivity contribution in [3.63, 3.8) is 0 Å². The van der Waals surface area contributed by atoms with Crippen molar-refractivity contribution >= 4 is 17.4 Å². The molecule has 1 atom stereocenters. The van der Waals surface area contributed by atoms with Gasteiger partial charge in [0.25, 0.3) is 11.7 Å². The highest BCUT2D eigenvalue weighted by Crippen LogP contribution is 2.41. The highest BCUT2D eigenvalue weighted by Gasteiger charge is 2.47. The van der Waals surface area contributed by atoms with Crippen LogP contribution in [0.4, 0.5) is 0 Å². The number of Topliss-reactive ketones (excluding diaryl/α,β-unsaturated/α-hetero) is 1. The lowest BCUT2D eigenvalue weighted by Crippen LogP contribution is -2.37. The van der Waals surface area contributed by atoms with Crippen molar-refractivity contribution in [1.82, 2.24) is 9.80 Å². The molecule has 0 radical (unpaired) electrons. The van der Waals surface area contributed by atoms with Gasteiger partial charge in [0.1, 0.15) is 23.3 Å². The molecule has 0 aliphatic carbocycles. The van der Waals surface area contributed by atoms with Gasteiger partial charge in [0, 0.05) is 13.1 Å². The van der Waals surface area contributed by atoms with Gasteiger partial charge in [0.15, 0.2) is 0 Å². The van der Waals surface area contributed by atoms with Crippen molar-refractivity contribution in [3.05, 3.63) is 59.1 Å². The molecule has 0 spiro atoms. The first kappa shape index (κ1) is 21.6. The molecule has 2 aromatic rings. The van der Waals surface area contributed by atoms with Gasteiger partial charge < -0.3 is 24.1 Å². The fraction of sp³-hybridized carbons (Fsp3) is 0.391. The SMILES string of the molecule is CCN(CC)CCN1C(=O)C(=O)/C(=C(\O)c2cc(C)ccc2OC)C1c1ccco1. The molecule has 160 valence electrons. The Labute approximate surface area is 176 Å². The van der Waals surface area contributed by atoms with E-state index in [1.54, 1.807) is 24.3 Å². The van der Waals surface area contributed by atoms with Gasteiger partial charge in [-0.05, 0) is 44.3 Å². The lowest BCUT2D eigenvalue weighted by Gasteiger charge is -2.26. The van der Waals surface area contributed by atoms with Crippen LogP contribution in [-0.4, -0.2) is 59.9 Å². The van der Waals surface area contributed by atoms with E-state index in [4.69, 9.17) is 9.15 Å². The predicted octanol–water partition coefficient (Wildman–Crippen LogP) is 3.36. The van der Waals surface area contributed by atoms with Crippen molar-refractivity contribution in [2.45, 2.75) is 26.8 Å². The third kappa shape index (κ3) is 3.98. The Hall–Kier alpha value is -3.06. The summed E-state index contributed by atoms with van der Waals surface area (Å²) in [5.74, 6) is -0.776. The van der Waals surface area contributed by atoms with Gasteiger partial charge in [-0.15, -0.1) is 0 Å². The van der Waals surface area contributed by atoms with Gasteiger partial charge in [-0.25, -0.2) is 0 Å². The van der Waals surface area contributed by atoms with Gasteiger partial charge in [-0.3, -0.25) is 9.59 Å². The Bertz CT molecular complexity index is 945. The van der Waals surface area contributed by atoms with Crippen molar-refractivity contribution in [2.24, 2.45) is 0 Å². The van der Waals surface area contributed by atoms with Gasteiger partial charge in [0.2, 0.25) is 0 Å². The molecule has 1 N–H and O–H groups in total. The fourth-order valence-electron chi connectivity index (χ4n) is 3.79. The molecule has 0 bridgehead atoms. The summed E-state index contributed by atoms with van der Waals surface area (Å²) in [6.45, 7) is 8.61. The average Bonchev–Trinajstić information content (AvgIpc) is 3.36. The second-order valence-corrected chi connectivity index (χ2v) is 7.24. The zero-order valence-corrected chi connectivity index (χ0v) is 17.8. The lowest BCUT2D eigenvalue weighted by molar-refractivity contribution is -0.140. The first-order chi connectivity index (χ1) is 14.4. The molecule has 1 amide bonds. The highest BCUT2D eigenvalue weighted by atomic mass is 16.5. The van der Waals surface area contributed by atoms with Crippen LogP contribution in [-0.2, 0) is 9.59 Å². The molecule has 1 aromatic carbocycles. The Morgan fingerprint density at radius 2 is 1.97 bits per heavy atom. The van der Waals surface area contributed by atoms with E-state index in [9.17, 15) is 14.7 Å². The van der Waals surface area contributed by atoms with E-state index < -0.39 is 17.7 Å². The Kier molecular flexibility index (Phi) is 6.62. The molecule has 1 aromatic heterocycles. The molecule has 1 aliphatic heterocycles. The molecule has 1 saturated heterocycles. The number of likely N-dealkylation sites (tertiary alicyclic amines) is 1. The van der Waals surface area contributed by atoms with Crippen LogP contribution in [0.25, 0.3) is 5.76 Å². The van der Waals surface area contributed by atoms with Gasteiger partial charge >= 0.3 is 0 Å². The lowest BCUT2D eigenvalue weighted by atomic mass is 9.98. The maximum atomic E-state index is 13.0. The van der Waals surface area contributed by atoms with E-state index in [1.165, 1.54) is 18.3 Å². The number of furan rings is 1. The first-order valence-corrected chi connectivity index (χ1v) is 10.1. The summed E-state index contributed by atoms with van der Waals surface area (Å²) in [6.07, 6.45) is 1.49. The summed E-state index contributed by atoms with van der Waals surface area (Å²) in [4.78, 5) is 29.6. The number of aryl methyl sites for hydroxylation is 1. The number of ether oxygens (including phenoxy) is 1. The van der Waals surface area contributed by atoms with Gasteiger partial charge in [-0.2, -0.15) is 0 Å². The number of rotatable bonds is 8. The topological polar surface area (TPSA) is 83.2 Å². The summed E-state index contributed by atoms with van der Waals surface area (Å²) < 4.78 is 10.9. The second kappa shape index (κ2) is 9.17. The minimum Gasteiger partial charge on any atom is -0.507 e. The van der Waals surface area contributed by atoms with E-state index >= 15 is 0 Å². The van der Waals surface area contributed by atoms with E-state index in [1.807, 2.05) is 26.8 Å². The van der Waals surface area contributed by atoms with Crippen molar-refractivity contribution in [3.8, 4) is 5.75 Å². The molecular weight excluding hydrogens is 384 g/mol. The third-order valence-electron chi connectivity index (χ3n) is 5.51. The maximum Gasteiger partial charge on any atom is 0.295 e. The molecule has 2 heterocycles. The van der Waals surface area contributed by atoms with Crippen LogP contribution in [0.3, 0.4) is 0 Å². The minimum atomic E-state index is -0.791. The van der Waals surface area contributed by atoms with Crippen molar-refractivity contribution in [2.75, 3.05) is 33.3 Å². The number of ketones is 1. The largest absolute Gasteiger partial charge is 0.507 e. The average molecular weight is 412 g/mol. The summed E-state index contributed by atoms with van der Waals surface area (Å²) >= 11 is 0. The first-order valence-electron chi connectivity index (χ1n) is 10.1. The number of aliphatic hydroxyl groups is 1. The van der Waals surface area contributed by atoms with Crippen molar-refractivity contribution in [1.29, 1.82) is 0 Å². The highest BCUT2D eigenvalue weighted by molar-refractivity contribution is 6.46. The van der Waals surface area contributed by atoms with Crippen LogP contribution in [0.15, 0.2) is 46.6 Å². The monoisotopic (exact) mass is 412 g/mol. The van der Waals surface area contributed by atoms with Crippen LogP contribution < -0.4 is 4.74 Å². The van der Waals surface area contributed by atoms with E-state index in [0.29, 0.717) is 30.2 Å². The number of nitrogens with zero attached hydrogens (tertiary/aromatic N) is 2. The van der Waals surface area contributed by atoms with Gasteiger partial charge in [0.05, 0.1) is 24.5 Å². The fourth-order valence-corrected chi connectivity index (χ4v) is 3.79. The van der Waals surface area contributed by atoms with Crippen LogP contribution >= 0.6 is 0 Å². The molecule has 1 fully saturated rings. The molecular formula is C23H28N2O5. The van der Waals surface area contributed by atoms with Crippen LogP contribution in [0.1, 0.15) is 36.8 Å². The Balaban J connectivity index is 2.11. The van der Waals surface area contributed by atoms with E-state index in [0.717, 1.165) is 18.7 Å². The summed E-state index contributed by atoms with van der Waals surface area (Å²) in [5, 5.41) is 11.1. The Morgan fingerprint density at radius 3 is 2.57 bits per heavy atom. The standard InChI is InChI=1S/C23H28N2O5/c1-5-24(6-2)11-12-25-20(18-8-7-13-30-18)19(22(27)23(25)28)21(26)16-14-15(3)9-10-17(16)29-4/h7-10,13-14,20,26H,5-6,11-12H2,1-4H3/b21-19-. The number of likely N-dealkylation sites (N-methyl/N-ethyl adjacent to an activating group) is 1. The normalized spacial score (nSPS) is 18.4. The quantitative estimate of drug-likeness (QED) is 0.407. The molecule has 1 aliphatic rings. The van der Waals surface area contributed by atoms with Crippen molar-refractivity contribution < 1.29 is 23.8 Å². The molecule has 7 heteroatoms. The number of carbonyl (C=O) groups is 2. The summed E-state index contributed by atoms with van der Waals surface area (Å²) in [5.41, 5.74) is 1.27. The zero-order valence-electron chi connectivity index (χ0n) is 17.8. The number of hydrogen-bond acceptors (Lipinski definition) is 6. The Morgan fingerprint density at radius 1 is 1.23 bits per heavy atom. The molecule has 1 unspecified atom stereocenters. The van der Waals surface area contributed by atoms with E-state index in [-0.39, 0.29) is 11.3 Å². The maximum absolute atomic E-state index is 13.0. The number of hydrogen-bond donors (Lipinski definition) is 1. The molecule has 7 nitrogen and oxygen atoms in total. The minimum absolute atomic E-state index is 0.0124. The number of amides is 1. The summed E-state index contributed by atoms with van der Waals surface area (Å²) in [7, 11) is 1.49. The van der Waals surface area contributed by atoms with E-state index in [2.05, 4.69) is 4.90 Å². The predicted molar refractivity (Wildman–Crippen MR) is 113 cm³/mol. The number of aliphatic hydroxyl groups excluding tert-OH is 1. The third-order valence-corrected chi connectivity index (χ3v) is 5.51. The van der Waals surface area contributed by atoms with Crippen LogP contribution in [0.5, 0.6) is 5.75 Å². The number of benzene rings is 1. The zero-order chi connectivity index (χ0) is 21.8.